The zero-order valence-corrected chi connectivity index (χ0v) is 23.4. The van der Waals surface area contributed by atoms with Gasteiger partial charge in [-0.2, -0.15) is 0 Å². The number of carbonyl (C=O) groups excluding carboxylic acids is 2. The largest absolute Gasteiger partial charge is 0.393 e. The number of piperidine rings is 2. The first kappa shape index (κ1) is 28.1. The van der Waals surface area contributed by atoms with E-state index in [1.807, 2.05) is 69.4 Å². The predicted molar refractivity (Wildman–Crippen MR) is 156 cm³/mol. The van der Waals surface area contributed by atoms with Gasteiger partial charge in [-0.15, -0.1) is 0 Å². The average Bonchev–Trinajstić information content (AvgIpc) is 2.98. The van der Waals surface area contributed by atoms with E-state index in [0.717, 1.165) is 16.7 Å². The van der Waals surface area contributed by atoms with Gasteiger partial charge in [0, 0.05) is 51.9 Å². The van der Waals surface area contributed by atoms with Gasteiger partial charge in [-0.05, 0) is 48.3 Å². The molecule has 3 aliphatic heterocycles. The highest BCUT2D eigenvalue weighted by Crippen LogP contribution is 2.32. The van der Waals surface area contributed by atoms with Crippen molar-refractivity contribution in [3.63, 3.8) is 0 Å². The minimum Gasteiger partial charge on any atom is -0.393 e. The van der Waals surface area contributed by atoms with Crippen LogP contribution in [0.1, 0.15) is 56.1 Å². The van der Waals surface area contributed by atoms with Crippen LogP contribution in [0.3, 0.4) is 0 Å². The van der Waals surface area contributed by atoms with Crippen LogP contribution < -0.4 is 0 Å². The average molecular weight is 544 g/mol. The normalized spacial score (nSPS) is 20.5. The number of hydrogen-bond acceptors (Lipinski definition) is 5. The van der Waals surface area contributed by atoms with E-state index in [9.17, 15) is 19.8 Å². The minimum absolute atomic E-state index is 0.0355. The second-order valence-corrected chi connectivity index (χ2v) is 11.6. The Morgan fingerprint density at radius 2 is 1.55 bits per heavy atom. The van der Waals surface area contributed by atoms with Crippen molar-refractivity contribution in [3.8, 4) is 0 Å². The van der Waals surface area contributed by atoms with Gasteiger partial charge in [0.15, 0.2) is 0 Å². The third-order valence-electron chi connectivity index (χ3n) is 8.59. The molecule has 2 aromatic carbocycles. The van der Waals surface area contributed by atoms with Crippen LogP contribution in [0.15, 0.2) is 78.5 Å². The number of hydrogen-bond donors (Lipinski definition) is 2. The SMILES string of the molecule is CC(CC(=O)N1CCC(O)(CN2C=C(C(=O)N3CCC(O)CC3)C(c3ccccc3)=CC2)CC1)c1ccccc1. The van der Waals surface area contributed by atoms with Gasteiger partial charge in [-0.25, -0.2) is 0 Å². The number of likely N-dealkylation sites (tertiary alicyclic amines) is 2. The zero-order chi connectivity index (χ0) is 28.1. The summed E-state index contributed by atoms with van der Waals surface area (Å²) in [5.41, 5.74) is 2.76. The molecule has 0 aliphatic carbocycles. The Bertz CT molecular complexity index is 1230. The lowest BCUT2D eigenvalue weighted by Crippen LogP contribution is -2.52. The van der Waals surface area contributed by atoms with Crippen LogP contribution in [-0.4, -0.2) is 87.7 Å². The number of nitrogens with zero attached hydrogens (tertiary/aromatic N) is 3. The number of carbonyl (C=O) groups is 2. The van der Waals surface area contributed by atoms with Crippen molar-refractivity contribution in [1.82, 2.24) is 14.7 Å². The monoisotopic (exact) mass is 543 g/mol. The van der Waals surface area contributed by atoms with Crippen LogP contribution in [-0.2, 0) is 9.59 Å². The van der Waals surface area contributed by atoms with E-state index in [1.54, 1.807) is 0 Å². The Morgan fingerprint density at radius 3 is 2.20 bits per heavy atom. The van der Waals surface area contributed by atoms with Crippen molar-refractivity contribution < 1.29 is 19.8 Å². The van der Waals surface area contributed by atoms with Gasteiger partial charge in [-0.1, -0.05) is 73.7 Å². The number of rotatable bonds is 7. The smallest absolute Gasteiger partial charge is 0.255 e. The lowest BCUT2D eigenvalue weighted by atomic mass is 9.89. The van der Waals surface area contributed by atoms with Crippen molar-refractivity contribution >= 4 is 17.4 Å². The standard InChI is InChI=1S/C33H41N3O4/c1-25(26-8-4-2-5-9-26)22-31(38)35-20-15-33(40,16-21-35)24-34-17-14-29(27-10-6-3-7-11-27)30(23-34)32(39)36-18-12-28(37)13-19-36/h2-11,14,23,25,28,37,40H,12-13,15-22,24H2,1H3. The molecule has 2 N–H and O–H groups in total. The molecule has 7 nitrogen and oxygen atoms in total. The maximum absolute atomic E-state index is 13.7. The fraction of sp³-hybridized carbons (Fsp3) is 0.455. The highest BCUT2D eigenvalue weighted by molar-refractivity contribution is 6.09. The van der Waals surface area contributed by atoms with Gasteiger partial charge < -0.3 is 24.9 Å². The second-order valence-electron chi connectivity index (χ2n) is 11.6. The van der Waals surface area contributed by atoms with E-state index in [0.29, 0.717) is 76.9 Å². The van der Waals surface area contributed by atoms with E-state index in [2.05, 4.69) is 25.1 Å². The highest BCUT2D eigenvalue weighted by Gasteiger charge is 2.36. The summed E-state index contributed by atoms with van der Waals surface area (Å²) in [6.07, 6.45) is 6.29. The van der Waals surface area contributed by atoms with Crippen molar-refractivity contribution in [2.75, 3.05) is 39.3 Å². The molecule has 2 fully saturated rings. The summed E-state index contributed by atoms with van der Waals surface area (Å²) >= 11 is 0. The first-order valence-corrected chi connectivity index (χ1v) is 14.6. The van der Waals surface area contributed by atoms with Crippen molar-refractivity contribution in [2.24, 2.45) is 0 Å². The molecule has 0 radical (unpaired) electrons. The Hall–Kier alpha value is -3.42. The molecule has 0 aromatic heterocycles. The molecule has 40 heavy (non-hydrogen) atoms. The van der Waals surface area contributed by atoms with E-state index in [1.165, 1.54) is 0 Å². The fourth-order valence-corrected chi connectivity index (χ4v) is 6.03. The van der Waals surface area contributed by atoms with Crippen molar-refractivity contribution in [3.05, 3.63) is 89.6 Å². The summed E-state index contributed by atoms with van der Waals surface area (Å²) in [6, 6.07) is 20.0. The molecule has 1 atom stereocenters. The summed E-state index contributed by atoms with van der Waals surface area (Å²) in [4.78, 5) is 32.4. The van der Waals surface area contributed by atoms with Crippen LogP contribution in [0.4, 0.5) is 0 Å². The molecule has 1 unspecified atom stereocenters. The fourth-order valence-electron chi connectivity index (χ4n) is 6.03. The number of β-amino-alcohol motifs (C(OH)–C–C–N with tert-alkyl or cyclic N) is 1. The number of amides is 2. The molecule has 2 saturated heterocycles. The minimum atomic E-state index is -0.931. The van der Waals surface area contributed by atoms with Gasteiger partial charge in [-0.3, -0.25) is 9.59 Å². The topological polar surface area (TPSA) is 84.3 Å². The number of aliphatic hydroxyl groups is 2. The van der Waals surface area contributed by atoms with Crippen molar-refractivity contribution in [2.45, 2.75) is 56.7 Å². The summed E-state index contributed by atoms with van der Waals surface area (Å²) < 4.78 is 0. The molecule has 0 spiro atoms. The summed E-state index contributed by atoms with van der Waals surface area (Å²) in [6.45, 7) is 5.22. The molecule has 3 heterocycles. The third kappa shape index (κ3) is 6.65. The molecule has 5 rings (SSSR count). The quantitative estimate of drug-likeness (QED) is 0.555. The predicted octanol–water partition coefficient (Wildman–Crippen LogP) is 3.80. The molecule has 2 aromatic rings. The molecule has 7 heteroatoms. The van der Waals surface area contributed by atoms with E-state index >= 15 is 0 Å². The Labute approximate surface area is 237 Å². The lowest BCUT2D eigenvalue weighted by Gasteiger charge is -2.42. The summed E-state index contributed by atoms with van der Waals surface area (Å²) in [5, 5.41) is 21.4. The first-order valence-electron chi connectivity index (χ1n) is 14.6. The van der Waals surface area contributed by atoms with Crippen LogP contribution in [0.5, 0.6) is 0 Å². The van der Waals surface area contributed by atoms with E-state index in [-0.39, 0.29) is 23.8 Å². The Balaban J connectivity index is 1.23. The third-order valence-corrected chi connectivity index (χ3v) is 8.59. The molecule has 2 amide bonds. The van der Waals surface area contributed by atoms with Gasteiger partial charge in [0.05, 0.1) is 17.3 Å². The maximum Gasteiger partial charge on any atom is 0.255 e. The first-order chi connectivity index (χ1) is 19.3. The Morgan fingerprint density at radius 1 is 0.925 bits per heavy atom. The van der Waals surface area contributed by atoms with Crippen LogP contribution in [0.2, 0.25) is 0 Å². The zero-order valence-electron chi connectivity index (χ0n) is 23.4. The van der Waals surface area contributed by atoms with Crippen LogP contribution in [0.25, 0.3) is 5.57 Å². The van der Waals surface area contributed by atoms with Gasteiger partial charge in [0.1, 0.15) is 0 Å². The molecule has 3 aliphatic rings. The molecule has 0 bridgehead atoms. The van der Waals surface area contributed by atoms with Gasteiger partial charge in [0.25, 0.3) is 5.91 Å². The number of aliphatic hydroxyl groups excluding tert-OH is 1. The summed E-state index contributed by atoms with van der Waals surface area (Å²) in [7, 11) is 0. The van der Waals surface area contributed by atoms with Gasteiger partial charge >= 0.3 is 0 Å². The van der Waals surface area contributed by atoms with E-state index < -0.39 is 5.60 Å². The maximum atomic E-state index is 13.7. The van der Waals surface area contributed by atoms with E-state index in [4.69, 9.17) is 0 Å². The highest BCUT2D eigenvalue weighted by atomic mass is 16.3. The number of benzene rings is 2. The van der Waals surface area contributed by atoms with Gasteiger partial charge in [0.2, 0.25) is 5.91 Å². The molecular formula is C33H41N3O4. The molecule has 212 valence electrons. The summed E-state index contributed by atoms with van der Waals surface area (Å²) in [5.74, 6) is 0.246. The van der Waals surface area contributed by atoms with Crippen LogP contribution >= 0.6 is 0 Å². The van der Waals surface area contributed by atoms with Crippen LogP contribution in [0, 0.1) is 0 Å². The van der Waals surface area contributed by atoms with Crippen molar-refractivity contribution in [1.29, 1.82) is 0 Å². The Kier molecular flexibility index (Phi) is 8.72. The molecular weight excluding hydrogens is 502 g/mol. The second kappa shape index (κ2) is 12.4. The lowest BCUT2D eigenvalue weighted by molar-refractivity contribution is -0.136. The molecule has 0 saturated carbocycles.